The molecule has 1 heterocycles. The van der Waals surface area contributed by atoms with Crippen molar-refractivity contribution in [1.29, 1.82) is 0 Å². The molecule has 2 aromatic carbocycles. The van der Waals surface area contributed by atoms with Crippen molar-refractivity contribution in [1.82, 2.24) is 10.6 Å². The van der Waals surface area contributed by atoms with E-state index in [1.807, 2.05) is 6.07 Å². The molecule has 1 aliphatic carbocycles. The molecule has 3 atom stereocenters. The van der Waals surface area contributed by atoms with E-state index in [1.54, 1.807) is 6.07 Å². The van der Waals surface area contributed by atoms with E-state index in [1.165, 1.54) is 42.3 Å². The first-order chi connectivity index (χ1) is 16.5. The fourth-order valence-corrected chi connectivity index (χ4v) is 5.56. The van der Waals surface area contributed by atoms with Crippen LogP contribution in [0, 0.1) is 11.2 Å². The van der Waals surface area contributed by atoms with Crippen LogP contribution in [0.1, 0.15) is 76.1 Å². The summed E-state index contributed by atoms with van der Waals surface area (Å²) >= 11 is 0. The molecule has 1 aliphatic heterocycles. The summed E-state index contributed by atoms with van der Waals surface area (Å²) < 4.78 is 13.7. The standard InChI is InChI=1S/C29H40FN3O2/c1-19(34)32-25(15-20-7-5-8-22(30)13-20)27(35)18-31-26-17-29(11-6-12-29)33-24-10-9-21(14-23(24)26)16-28(2,3)4/h5,7-10,13-14,25-27,31,33,35H,6,11-12,15-18H2,1-4H3,(H,32,34)/t25-,26-,27-/m0/s1. The van der Waals surface area contributed by atoms with Crippen LogP contribution < -0.4 is 16.0 Å². The van der Waals surface area contributed by atoms with Gasteiger partial charge in [-0.15, -0.1) is 0 Å². The largest absolute Gasteiger partial charge is 0.390 e. The third kappa shape index (κ3) is 6.62. The Hall–Kier alpha value is -2.44. The maximum Gasteiger partial charge on any atom is 0.217 e. The number of amides is 1. The lowest BCUT2D eigenvalue weighted by Gasteiger charge is -2.50. The van der Waals surface area contributed by atoms with Crippen LogP contribution in [-0.4, -0.2) is 35.2 Å². The lowest BCUT2D eigenvalue weighted by Crippen LogP contribution is -2.53. The predicted octanol–water partition coefficient (Wildman–Crippen LogP) is 4.89. The zero-order valence-corrected chi connectivity index (χ0v) is 21.5. The van der Waals surface area contributed by atoms with Crippen molar-refractivity contribution in [2.75, 3.05) is 11.9 Å². The van der Waals surface area contributed by atoms with Gasteiger partial charge in [0.1, 0.15) is 5.82 Å². The first kappa shape index (κ1) is 25.6. The second-order valence-corrected chi connectivity index (χ2v) is 11.8. The number of anilines is 1. The van der Waals surface area contributed by atoms with Crippen LogP contribution in [0.3, 0.4) is 0 Å². The summed E-state index contributed by atoms with van der Waals surface area (Å²) in [6.07, 6.45) is 5.08. The van der Waals surface area contributed by atoms with Gasteiger partial charge in [0.2, 0.25) is 5.91 Å². The lowest BCUT2D eigenvalue weighted by molar-refractivity contribution is -0.120. The van der Waals surface area contributed by atoms with E-state index in [4.69, 9.17) is 0 Å². The van der Waals surface area contributed by atoms with Crippen molar-refractivity contribution >= 4 is 11.6 Å². The number of benzene rings is 2. The van der Waals surface area contributed by atoms with E-state index >= 15 is 0 Å². The molecule has 0 unspecified atom stereocenters. The minimum Gasteiger partial charge on any atom is -0.390 e. The predicted molar refractivity (Wildman–Crippen MR) is 139 cm³/mol. The van der Waals surface area contributed by atoms with Crippen LogP contribution in [0.5, 0.6) is 0 Å². The average Bonchev–Trinajstić information content (AvgIpc) is 2.74. The number of rotatable bonds is 8. The summed E-state index contributed by atoms with van der Waals surface area (Å²) in [4.78, 5) is 11.8. The van der Waals surface area contributed by atoms with Crippen molar-refractivity contribution in [3.05, 3.63) is 65.0 Å². The van der Waals surface area contributed by atoms with E-state index in [2.05, 4.69) is 54.9 Å². The minimum absolute atomic E-state index is 0.119. The number of aliphatic hydroxyl groups is 1. The Bertz CT molecular complexity index is 1040. The highest BCUT2D eigenvalue weighted by Gasteiger charge is 2.43. The van der Waals surface area contributed by atoms with Gasteiger partial charge >= 0.3 is 0 Å². The molecule has 1 fully saturated rings. The van der Waals surface area contributed by atoms with Crippen LogP contribution in [0.15, 0.2) is 42.5 Å². The molecule has 0 aromatic heterocycles. The monoisotopic (exact) mass is 481 g/mol. The second-order valence-electron chi connectivity index (χ2n) is 11.8. The summed E-state index contributed by atoms with van der Waals surface area (Å²) in [7, 11) is 0. The fraction of sp³-hybridized carbons (Fsp3) is 0.552. The molecule has 1 amide bonds. The third-order valence-electron chi connectivity index (χ3n) is 7.30. The quantitative estimate of drug-likeness (QED) is 0.433. The maximum absolute atomic E-state index is 13.7. The number of carbonyl (C=O) groups is 1. The lowest BCUT2D eigenvalue weighted by atomic mass is 9.69. The van der Waals surface area contributed by atoms with Crippen molar-refractivity contribution in [3.8, 4) is 0 Å². The number of hydrogen-bond acceptors (Lipinski definition) is 4. The summed E-state index contributed by atoms with van der Waals surface area (Å²) in [5, 5.41) is 21.4. The maximum atomic E-state index is 13.7. The van der Waals surface area contributed by atoms with Gasteiger partial charge in [-0.3, -0.25) is 4.79 Å². The Morgan fingerprint density at radius 1 is 1.20 bits per heavy atom. The van der Waals surface area contributed by atoms with Crippen molar-refractivity contribution in [2.45, 2.75) is 89.9 Å². The van der Waals surface area contributed by atoms with Gasteiger partial charge in [0.25, 0.3) is 0 Å². The summed E-state index contributed by atoms with van der Waals surface area (Å²) in [5.74, 6) is -0.530. The van der Waals surface area contributed by atoms with Crippen LogP contribution >= 0.6 is 0 Å². The Labute approximate surface area is 208 Å². The van der Waals surface area contributed by atoms with Gasteiger partial charge < -0.3 is 21.1 Å². The smallest absolute Gasteiger partial charge is 0.217 e. The zero-order chi connectivity index (χ0) is 25.2. The molecule has 1 saturated carbocycles. The van der Waals surface area contributed by atoms with E-state index in [9.17, 15) is 14.3 Å². The fourth-order valence-electron chi connectivity index (χ4n) is 5.56. The van der Waals surface area contributed by atoms with Crippen molar-refractivity contribution in [2.24, 2.45) is 5.41 Å². The number of hydrogen-bond donors (Lipinski definition) is 4. The molecular formula is C29H40FN3O2. The highest BCUT2D eigenvalue weighted by atomic mass is 19.1. The van der Waals surface area contributed by atoms with E-state index in [-0.39, 0.29) is 28.7 Å². The van der Waals surface area contributed by atoms with Gasteiger partial charge in [-0.1, -0.05) is 45.0 Å². The van der Waals surface area contributed by atoms with Crippen LogP contribution in [0.4, 0.5) is 10.1 Å². The van der Waals surface area contributed by atoms with Gasteiger partial charge in [0.05, 0.1) is 12.1 Å². The van der Waals surface area contributed by atoms with Gasteiger partial charge in [-0.05, 0) is 78.8 Å². The highest BCUT2D eigenvalue weighted by molar-refractivity contribution is 5.73. The summed E-state index contributed by atoms with van der Waals surface area (Å²) in [6, 6.07) is 12.7. The Kier molecular flexibility index (Phi) is 7.53. The highest BCUT2D eigenvalue weighted by Crippen LogP contribution is 2.47. The van der Waals surface area contributed by atoms with Crippen molar-refractivity contribution in [3.63, 3.8) is 0 Å². The Morgan fingerprint density at radius 3 is 2.60 bits per heavy atom. The molecule has 2 aliphatic rings. The summed E-state index contributed by atoms with van der Waals surface area (Å²) in [6.45, 7) is 8.53. The minimum atomic E-state index is -0.810. The van der Waals surface area contributed by atoms with E-state index in [0.717, 1.165) is 31.2 Å². The SMILES string of the molecule is CC(=O)N[C@@H](Cc1cccc(F)c1)[C@@H](O)CN[C@H]1CC2(CCC2)Nc2ccc(CC(C)(C)C)cc21. The molecular weight excluding hydrogens is 441 g/mol. The first-order valence-electron chi connectivity index (χ1n) is 12.9. The molecule has 1 spiro atoms. The summed E-state index contributed by atoms with van der Waals surface area (Å²) in [5.41, 5.74) is 4.82. The number of carbonyl (C=O) groups excluding carboxylic acids is 1. The zero-order valence-electron chi connectivity index (χ0n) is 21.5. The van der Waals surface area contributed by atoms with E-state index < -0.39 is 12.1 Å². The molecule has 0 saturated heterocycles. The number of nitrogens with one attached hydrogen (secondary N) is 3. The van der Waals surface area contributed by atoms with Gasteiger partial charge in [0.15, 0.2) is 0 Å². The molecule has 35 heavy (non-hydrogen) atoms. The van der Waals surface area contributed by atoms with Gasteiger partial charge in [-0.25, -0.2) is 4.39 Å². The Morgan fingerprint density at radius 2 is 1.97 bits per heavy atom. The molecule has 5 nitrogen and oxygen atoms in total. The first-order valence-corrected chi connectivity index (χ1v) is 12.9. The number of fused-ring (bicyclic) bond motifs is 1. The Balaban J connectivity index is 1.50. The van der Waals surface area contributed by atoms with Crippen molar-refractivity contribution < 1.29 is 14.3 Å². The molecule has 4 rings (SSSR count). The molecule has 190 valence electrons. The molecule has 6 heteroatoms. The van der Waals surface area contributed by atoms with Crippen LogP contribution in [0.25, 0.3) is 0 Å². The second kappa shape index (κ2) is 10.3. The van der Waals surface area contributed by atoms with Crippen LogP contribution in [0.2, 0.25) is 0 Å². The molecule has 0 radical (unpaired) electrons. The molecule has 2 aromatic rings. The van der Waals surface area contributed by atoms with Gasteiger partial charge in [-0.2, -0.15) is 0 Å². The number of halogens is 1. The topological polar surface area (TPSA) is 73.4 Å². The average molecular weight is 482 g/mol. The van der Waals surface area contributed by atoms with E-state index in [0.29, 0.717) is 13.0 Å². The van der Waals surface area contributed by atoms with Crippen LogP contribution in [-0.2, 0) is 17.6 Å². The molecule has 0 bridgehead atoms. The molecule has 4 N–H and O–H groups in total. The normalized spacial score (nSPS) is 20.3. The number of aliphatic hydroxyl groups excluding tert-OH is 1. The van der Waals surface area contributed by atoms with Gasteiger partial charge in [0, 0.05) is 30.7 Å². The third-order valence-corrected chi connectivity index (χ3v) is 7.30.